The van der Waals surface area contributed by atoms with Crippen LogP contribution in [-0.2, 0) is 14.1 Å². The molecule has 0 aliphatic carbocycles. The van der Waals surface area contributed by atoms with Gasteiger partial charge in [0, 0.05) is 62.4 Å². The van der Waals surface area contributed by atoms with Crippen LogP contribution in [0.15, 0.2) is 129 Å². The van der Waals surface area contributed by atoms with E-state index in [0.717, 1.165) is 22.8 Å². The van der Waals surface area contributed by atoms with Crippen molar-refractivity contribution in [2.45, 2.75) is 159 Å². The first-order valence-corrected chi connectivity index (χ1v) is 26.0. The molecule has 0 saturated carbocycles. The first-order valence-electron chi connectivity index (χ1n) is 25.1. The van der Waals surface area contributed by atoms with Gasteiger partial charge in [0.25, 0.3) is 0 Å². The molecule has 0 aliphatic rings. The van der Waals surface area contributed by atoms with Crippen LogP contribution >= 0.6 is 11.3 Å². The number of rotatable bonds is 0. The lowest BCUT2D eigenvalue weighted by molar-refractivity contribution is 0.654. The molecule has 20 heteroatoms. The van der Waals surface area contributed by atoms with E-state index in [2.05, 4.69) is 93.6 Å². The standard InChI is InChI=1S/2C6H7N.C5H7NS.C5H5N.5C3H5N3.8C2H6/c1-6-2-4-7-5-3-6;1-6-3-2-4-7-5-6;1-4-5(2)7-3-6-4;1-2-4-6-5-3-1;1-6-3-2-4-5-6;1-6-4-2-3-5-6;3*1-3-2-4-6-5-3;8*1-2/h2*2-5H,1H3;3H,1-2H3;1-5H;2*2-3H,1H3;3*2H,1H3,(H,4,5,6);8*1-2H3. The average Bonchev–Trinajstić information content (AvgIpc) is 4.37. The van der Waals surface area contributed by atoms with Crippen molar-refractivity contribution >= 4 is 11.3 Å². The third kappa shape index (κ3) is 71.4. The molecule has 0 atom stereocenters. The van der Waals surface area contributed by atoms with Crippen molar-refractivity contribution in [3.63, 3.8) is 0 Å². The molecular weight excluding hydrogens is 935 g/mol. The molecule has 0 amide bonds. The highest BCUT2D eigenvalue weighted by Gasteiger charge is 1.89. The second-order valence-corrected chi connectivity index (χ2v) is 12.1. The van der Waals surface area contributed by atoms with Gasteiger partial charge in [-0.15, -0.1) is 16.4 Å². The van der Waals surface area contributed by atoms with Gasteiger partial charge in [-0.1, -0.05) is 128 Å². The monoisotopic (exact) mass is 1030 g/mol. The Morgan fingerprint density at radius 1 is 0.425 bits per heavy atom. The highest BCUT2D eigenvalue weighted by Crippen LogP contribution is 2.08. The molecule has 0 radical (unpaired) electrons. The fraction of sp³-hybridized carbons (Fsp3) is 0.472. The minimum absolute atomic E-state index is 0.926. The van der Waals surface area contributed by atoms with E-state index in [1.165, 1.54) is 20.8 Å². The highest BCUT2D eigenvalue weighted by atomic mass is 32.1. The number of H-pyrrole nitrogens is 3. The maximum absolute atomic E-state index is 4.03. The van der Waals surface area contributed by atoms with E-state index in [4.69, 9.17) is 0 Å². The predicted octanol–water partition coefficient (Wildman–Crippen LogP) is 13.8. The van der Waals surface area contributed by atoms with Crippen LogP contribution in [0.3, 0.4) is 0 Å². The summed E-state index contributed by atoms with van der Waals surface area (Å²) < 4.78 is 1.64. The van der Waals surface area contributed by atoms with Crippen LogP contribution in [0.2, 0.25) is 0 Å². The van der Waals surface area contributed by atoms with Gasteiger partial charge in [0.05, 0.1) is 65.5 Å². The zero-order valence-corrected chi connectivity index (χ0v) is 50.5. The van der Waals surface area contributed by atoms with E-state index in [1.54, 1.807) is 97.4 Å². The quantitative estimate of drug-likeness (QED) is 0.128. The van der Waals surface area contributed by atoms with Crippen molar-refractivity contribution < 1.29 is 0 Å². The van der Waals surface area contributed by atoms with Gasteiger partial charge in [0.2, 0.25) is 0 Å². The number of hydrogen-bond donors (Lipinski definition) is 3. The molecule has 0 fully saturated rings. The maximum atomic E-state index is 4.03. The van der Waals surface area contributed by atoms with Crippen molar-refractivity contribution in [2.75, 3.05) is 0 Å². The lowest BCUT2D eigenvalue weighted by atomic mass is 10.3. The van der Waals surface area contributed by atoms with Crippen molar-refractivity contribution in [2.24, 2.45) is 14.1 Å². The fourth-order valence-electron chi connectivity index (χ4n) is 2.87. The summed E-state index contributed by atoms with van der Waals surface area (Å²) in [6.45, 7) is 45.8. The number of nitrogens with zero attached hydrogens (tertiary/aromatic N) is 16. The molecule has 9 aromatic rings. The first kappa shape index (κ1) is 82.7. The van der Waals surface area contributed by atoms with Gasteiger partial charge >= 0.3 is 0 Å². The summed E-state index contributed by atoms with van der Waals surface area (Å²) in [4.78, 5) is 18.4. The molecule has 0 bridgehead atoms. The van der Waals surface area contributed by atoms with Crippen molar-refractivity contribution in [3.05, 3.63) is 167 Å². The van der Waals surface area contributed by atoms with Gasteiger partial charge in [0.15, 0.2) is 0 Å². The molecule has 3 N–H and O–H groups in total. The summed E-state index contributed by atoms with van der Waals surface area (Å²) in [7, 11) is 3.60. The lowest BCUT2D eigenvalue weighted by Crippen LogP contribution is -1.89. The Kier molecular flexibility index (Phi) is 86.4. The van der Waals surface area contributed by atoms with Crippen LogP contribution in [0.4, 0.5) is 0 Å². The van der Waals surface area contributed by atoms with Crippen molar-refractivity contribution in [1.82, 2.24) is 96.2 Å². The summed E-state index contributed by atoms with van der Waals surface area (Å²) in [5, 5.41) is 43.6. The van der Waals surface area contributed by atoms with E-state index in [9.17, 15) is 0 Å². The van der Waals surface area contributed by atoms with Crippen LogP contribution in [0.1, 0.15) is 150 Å². The number of aromatic nitrogens is 19. The Morgan fingerprint density at radius 2 is 0.836 bits per heavy atom. The Bertz CT molecular complexity index is 1790. The molecule has 412 valence electrons. The zero-order valence-electron chi connectivity index (χ0n) is 49.7. The maximum Gasteiger partial charge on any atom is 0.0797 e. The van der Waals surface area contributed by atoms with E-state index in [-0.39, 0.29) is 0 Å². The molecule has 19 nitrogen and oxygen atoms in total. The molecule has 9 aromatic heterocycles. The van der Waals surface area contributed by atoms with Gasteiger partial charge in [-0.3, -0.25) is 19.6 Å². The Hall–Kier alpha value is -7.22. The summed E-state index contributed by atoms with van der Waals surface area (Å²) in [6.07, 6.45) is 22.4. The van der Waals surface area contributed by atoms with Crippen LogP contribution in [0.5, 0.6) is 0 Å². The Balaban J connectivity index is -0.000000105. The SMILES string of the molecule is CC.CC.CC.CC.CC.CC.CC.CC.Cc1cccnc1.Cc1ccncc1.Cc1cn[nH]n1.Cc1cn[nH]n1.Cc1cn[nH]n1.Cc1ncsc1C.Cn1ccnn1.Cn1nccn1.c1ccncc1. The number of aryl methyl sites for hydroxylation is 9. The smallest absolute Gasteiger partial charge is 0.0797 e. The van der Waals surface area contributed by atoms with Crippen LogP contribution < -0.4 is 0 Å². The van der Waals surface area contributed by atoms with Gasteiger partial charge in [0.1, 0.15) is 0 Å². The molecule has 0 spiro atoms. The fourth-order valence-corrected chi connectivity index (χ4v) is 3.47. The van der Waals surface area contributed by atoms with E-state index in [0.29, 0.717) is 0 Å². The summed E-state index contributed by atoms with van der Waals surface area (Å²) in [5.74, 6) is 0. The molecule has 0 unspecified atom stereocenters. The van der Waals surface area contributed by atoms with Crippen molar-refractivity contribution in [1.29, 1.82) is 0 Å². The van der Waals surface area contributed by atoms with Crippen LogP contribution in [0.25, 0.3) is 0 Å². The number of hydrogen-bond acceptors (Lipinski definition) is 15. The predicted molar refractivity (Wildman–Crippen MR) is 310 cm³/mol. The normalized spacial score (nSPS) is 7.52. The summed E-state index contributed by atoms with van der Waals surface area (Å²) in [5.41, 5.74) is 8.27. The van der Waals surface area contributed by atoms with Gasteiger partial charge in [-0.05, 0) is 89.9 Å². The van der Waals surface area contributed by atoms with Gasteiger partial charge in [-0.25, -0.2) is 4.98 Å². The van der Waals surface area contributed by atoms with E-state index < -0.39 is 0 Å². The first-order chi connectivity index (χ1) is 35.6. The Morgan fingerprint density at radius 3 is 0.959 bits per heavy atom. The molecular formula is C53H99N19S. The number of aromatic amines is 3. The van der Waals surface area contributed by atoms with E-state index in [1.807, 2.05) is 214 Å². The topological polar surface area (TPSA) is 238 Å². The second-order valence-electron chi connectivity index (χ2n) is 11.0. The third-order valence-corrected chi connectivity index (χ3v) is 6.75. The number of nitrogens with one attached hydrogen (secondary N) is 3. The van der Waals surface area contributed by atoms with Crippen LogP contribution in [-0.4, -0.2) is 96.2 Å². The molecule has 73 heavy (non-hydrogen) atoms. The molecule has 9 rings (SSSR count). The summed E-state index contributed by atoms with van der Waals surface area (Å²) in [6, 6.07) is 13.6. The van der Waals surface area contributed by atoms with Crippen molar-refractivity contribution in [3.8, 4) is 0 Å². The lowest BCUT2D eigenvalue weighted by Gasteiger charge is -1.82. The summed E-state index contributed by atoms with van der Waals surface area (Å²) >= 11 is 1.69. The third-order valence-electron chi connectivity index (χ3n) is 5.89. The van der Waals surface area contributed by atoms with Gasteiger partial charge < -0.3 is 0 Å². The molecule has 0 aromatic carbocycles. The molecule has 0 saturated heterocycles. The Labute approximate surface area is 446 Å². The van der Waals surface area contributed by atoms with Crippen LogP contribution in [0, 0.1) is 48.5 Å². The zero-order chi connectivity index (χ0) is 57.8. The average molecular weight is 1030 g/mol. The largest absolute Gasteiger partial charge is 0.265 e. The van der Waals surface area contributed by atoms with E-state index >= 15 is 0 Å². The number of thiazole rings is 1. The van der Waals surface area contributed by atoms with Gasteiger partial charge in [-0.2, -0.15) is 61.2 Å². The molecule has 0 aliphatic heterocycles. The minimum atomic E-state index is 0.926. The second kappa shape index (κ2) is 76.3. The minimum Gasteiger partial charge on any atom is -0.265 e. The highest BCUT2D eigenvalue weighted by molar-refractivity contribution is 7.09. The number of pyridine rings is 3. The molecule has 9 heterocycles.